The van der Waals surface area contributed by atoms with Gasteiger partial charge in [-0.3, -0.25) is 14.5 Å². The lowest BCUT2D eigenvalue weighted by Crippen LogP contribution is -2.29. The second kappa shape index (κ2) is 8.15. The molecule has 0 saturated carbocycles. The van der Waals surface area contributed by atoms with E-state index in [4.69, 9.17) is 19.0 Å². The number of amides is 2. The number of carbonyl (C=O) groups excluding carboxylic acids is 2. The van der Waals surface area contributed by atoms with Crippen LogP contribution in [0.2, 0.25) is 0 Å². The normalized spacial score (nSPS) is 16.6. The van der Waals surface area contributed by atoms with Gasteiger partial charge in [0.2, 0.25) is 22.7 Å². The van der Waals surface area contributed by atoms with Gasteiger partial charge in [0.1, 0.15) is 11.5 Å². The van der Waals surface area contributed by atoms with Crippen molar-refractivity contribution >= 4 is 27.9 Å². The zero-order valence-electron chi connectivity index (χ0n) is 18.1. The van der Waals surface area contributed by atoms with E-state index in [1.54, 1.807) is 36.4 Å². The zero-order valence-corrected chi connectivity index (χ0v) is 18.9. The number of furan rings is 1. The van der Waals surface area contributed by atoms with Crippen molar-refractivity contribution in [2.45, 2.75) is 24.8 Å². The van der Waals surface area contributed by atoms with Crippen molar-refractivity contribution in [1.82, 2.24) is 4.90 Å². The number of primary sulfonamides is 1. The first kappa shape index (κ1) is 21.9. The molecule has 0 atom stereocenters. The fourth-order valence-electron chi connectivity index (χ4n) is 3.89. The number of imide groups is 1. The fourth-order valence-corrected chi connectivity index (χ4v) is 4.40. The number of ether oxygens (including phenoxy) is 2. The number of benzene rings is 2. The van der Waals surface area contributed by atoms with Crippen LogP contribution >= 0.6 is 0 Å². The van der Waals surface area contributed by atoms with E-state index in [9.17, 15) is 18.0 Å². The lowest BCUT2D eigenvalue weighted by atomic mass is 10.1. The molecule has 2 aliphatic heterocycles. The van der Waals surface area contributed by atoms with Crippen LogP contribution in [0.25, 0.3) is 17.4 Å². The number of rotatable bonds is 5. The van der Waals surface area contributed by atoms with Crippen molar-refractivity contribution in [3.63, 3.8) is 0 Å². The Kier molecular flexibility index (Phi) is 5.26. The molecule has 0 radical (unpaired) electrons. The number of aryl methyl sites for hydroxylation is 1. The van der Waals surface area contributed by atoms with Crippen molar-refractivity contribution in [3.8, 4) is 22.8 Å². The van der Waals surface area contributed by atoms with E-state index >= 15 is 0 Å². The first-order chi connectivity index (χ1) is 16.2. The van der Waals surface area contributed by atoms with E-state index in [1.165, 1.54) is 17.0 Å². The minimum atomic E-state index is -3.78. The molecule has 0 bridgehead atoms. The van der Waals surface area contributed by atoms with Crippen molar-refractivity contribution in [2.75, 3.05) is 6.79 Å². The number of nitrogens with two attached hydrogens (primary N) is 1. The van der Waals surface area contributed by atoms with Gasteiger partial charge in [-0.25, -0.2) is 13.6 Å². The summed E-state index contributed by atoms with van der Waals surface area (Å²) in [5.41, 5.74) is 2.67. The largest absolute Gasteiger partial charge is 0.457 e. The Balaban J connectivity index is 1.34. The van der Waals surface area contributed by atoms with E-state index in [-0.39, 0.29) is 36.5 Å². The Morgan fingerprint density at radius 2 is 1.74 bits per heavy atom. The maximum absolute atomic E-state index is 12.9. The van der Waals surface area contributed by atoms with Gasteiger partial charge in [-0.2, -0.15) is 0 Å². The van der Waals surface area contributed by atoms with Crippen LogP contribution in [0.15, 0.2) is 63.4 Å². The van der Waals surface area contributed by atoms with Crippen molar-refractivity contribution < 1.29 is 31.9 Å². The molecule has 1 aromatic heterocycles. The average Bonchev–Trinajstić information content (AvgIpc) is 3.50. The molecule has 1 saturated heterocycles. The topological polar surface area (TPSA) is 129 Å². The van der Waals surface area contributed by atoms with E-state index in [2.05, 4.69) is 0 Å². The minimum Gasteiger partial charge on any atom is -0.457 e. The smallest absolute Gasteiger partial charge is 0.257 e. The Labute approximate surface area is 195 Å². The number of sulfonamides is 1. The highest BCUT2D eigenvalue weighted by atomic mass is 32.2. The highest BCUT2D eigenvalue weighted by molar-refractivity contribution is 7.89. The molecule has 5 rings (SSSR count). The van der Waals surface area contributed by atoms with Crippen LogP contribution in [0.3, 0.4) is 0 Å². The van der Waals surface area contributed by atoms with Crippen LogP contribution in [0.5, 0.6) is 11.5 Å². The third kappa shape index (κ3) is 4.09. The first-order valence-electron chi connectivity index (χ1n) is 10.4. The molecule has 0 aliphatic carbocycles. The van der Waals surface area contributed by atoms with Gasteiger partial charge in [0, 0.05) is 11.1 Å². The molecule has 34 heavy (non-hydrogen) atoms. The first-order valence-corrected chi connectivity index (χ1v) is 11.9. The quantitative estimate of drug-likeness (QED) is 0.439. The Hall–Kier alpha value is -3.89. The molecule has 9 nitrogen and oxygen atoms in total. The van der Waals surface area contributed by atoms with Gasteiger partial charge >= 0.3 is 0 Å². The summed E-state index contributed by atoms with van der Waals surface area (Å²) in [6, 6.07) is 12.9. The molecule has 10 heteroatoms. The highest BCUT2D eigenvalue weighted by Gasteiger charge is 2.34. The summed E-state index contributed by atoms with van der Waals surface area (Å²) in [7, 11) is -3.78. The maximum atomic E-state index is 12.9. The predicted octanol–water partition coefficient (Wildman–Crippen LogP) is 2.97. The summed E-state index contributed by atoms with van der Waals surface area (Å²) >= 11 is 0. The van der Waals surface area contributed by atoms with Crippen LogP contribution in [-0.4, -0.2) is 31.9 Å². The molecule has 2 aromatic carbocycles. The lowest BCUT2D eigenvalue weighted by Gasteiger charge is -2.15. The second-order valence-electron chi connectivity index (χ2n) is 8.03. The Bertz CT molecular complexity index is 1450. The number of likely N-dealkylation sites (tertiary alicyclic amines) is 1. The van der Waals surface area contributed by atoms with Crippen molar-refractivity contribution in [3.05, 3.63) is 71.0 Å². The second-order valence-corrected chi connectivity index (χ2v) is 9.60. The molecule has 0 spiro atoms. The van der Waals surface area contributed by atoms with Gasteiger partial charge < -0.3 is 13.9 Å². The molecule has 1 fully saturated rings. The minimum absolute atomic E-state index is 0.00185. The van der Waals surface area contributed by atoms with Crippen molar-refractivity contribution in [2.24, 2.45) is 5.14 Å². The van der Waals surface area contributed by atoms with Gasteiger partial charge in [-0.05, 0) is 72.7 Å². The van der Waals surface area contributed by atoms with Crippen molar-refractivity contribution in [1.29, 1.82) is 0 Å². The number of fused-ring (bicyclic) bond motifs is 1. The van der Waals surface area contributed by atoms with Crippen LogP contribution in [0.1, 0.15) is 23.3 Å². The summed E-state index contributed by atoms with van der Waals surface area (Å²) < 4.78 is 39.4. The van der Waals surface area contributed by atoms with Gasteiger partial charge in [0.05, 0.1) is 17.9 Å². The number of hydrogen-bond donors (Lipinski definition) is 1. The zero-order chi connectivity index (χ0) is 24.0. The van der Waals surface area contributed by atoms with E-state index in [0.717, 1.165) is 11.1 Å². The molecule has 3 heterocycles. The van der Waals surface area contributed by atoms with Crippen LogP contribution < -0.4 is 14.6 Å². The van der Waals surface area contributed by atoms with Gasteiger partial charge in [0.15, 0.2) is 11.5 Å². The third-order valence-electron chi connectivity index (χ3n) is 5.73. The predicted molar refractivity (Wildman–Crippen MR) is 121 cm³/mol. The average molecular weight is 480 g/mol. The summed E-state index contributed by atoms with van der Waals surface area (Å²) in [5, 5.41) is 5.12. The van der Waals surface area contributed by atoms with Gasteiger partial charge in [0.25, 0.3) is 5.91 Å². The molecule has 174 valence electrons. The van der Waals surface area contributed by atoms with Crippen LogP contribution in [-0.2, 0) is 26.2 Å². The molecule has 3 aromatic rings. The van der Waals surface area contributed by atoms with E-state index < -0.39 is 10.0 Å². The lowest BCUT2D eigenvalue weighted by molar-refractivity contribution is -0.138. The molecule has 0 unspecified atom stereocenters. The molecule has 2 N–H and O–H groups in total. The Morgan fingerprint density at radius 3 is 2.44 bits per heavy atom. The number of nitrogens with zero attached hydrogens (tertiary/aromatic N) is 1. The standard InChI is InChI=1S/C24H20N2O7S/c1-14-8-21-22(32-13-31-21)10-17(14)12-26-23(27)11-16(24(26)28)9-18-4-7-20(33-18)15-2-5-19(6-3-15)34(25,29)30/h2-10H,11-13H2,1H3,(H2,25,29,30)/b16-9+. The Morgan fingerprint density at radius 1 is 1.03 bits per heavy atom. The van der Waals surface area contributed by atoms with E-state index in [1.807, 2.05) is 13.0 Å². The van der Waals surface area contributed by atoms with E-state index in [0.29, 0.717) is 34.2 Å². The molecular formula is C24H20N2O7S. The third-order valence-corrected chi connectivity index (χ3v) is 6.66. The molecule has 2 amide bonds. The van der Waals surface area contributed by atoms with Crippen LogP contribution in [0.4, 0.5) is 0 Å². The number of hydrogen-bond acceptors (Lipinski definition) is 7. The summed E-state index contributed by atoms with van der Waals surface area (Å²) in [4.78, 5) is 26.8. The fraction of sp³-hybridized carbons (Fsp3) is 0.167. The summed E-state index contributed by atoms with van der Waals surface area (Å²) in [6.45, 7) is 2.17. The molecule has 2 aliphatic rings. The summed E-state index contributed by atoms with van der Waals surface area (Å²) in [6.07, 6.45) is 1.52. The molecular weight excluding hydrogens is 460 g/mol. The maximum Gasteiger partial charge on any atom is 0.257 e. The SMILES string of the molecule is Cc1cc2c(cc1CN1C(=O)C/C(=C\c3ccc(-c4ccc(S(N)(=O)=O)cc4)o3)C1=O)OCO2. The monoisotopic (exact) mass is 480 g/mol. The van der Waals surface area contributed by atoms with Crippen LogP contribution in [0, 0.1) is 6.92 Å². The highest BCUT2D eigenvalue weighted by Crippen LogP contribution is 2.36. The van der Waals surface area contributed by atoms with Gasteiger partial charge in [-0.1, -0.05) is 0 Å². The number of carbonyl (C=O) groups is 2. The summed E-state index contributed by atoms with van der Waals surface area (Å²) in [5.74, 6) is 1.46. The van der Waals surface area contributed by atoms with Gasteiger partial charge in [-0.15, -0.1) is 0 Å².